The van der Waals surface area contributed by atoms with Crippen molar-refractivity contribution >= 4 is 5.91 Å². The number of amides is 1. The predicted octanol–water partition coefficient (Wildman–Crippen LogP) is 2.23. The zero-order valence-corrected chi connectivity index (χ0v) is 13.2. The van der Waals surface area contributed by atoms with E-state index in [1.807, 2.05) is 18.2 Å². The van der Waals surface area contributed by atoms with E-state index in [4.69, 9.17) is 4.74 Å². The summed E-state index contributed by atoms with van der Waals surface area (Å²) >= 11 is 0. The van der Waals surface area contributed by atoms with E-state index in [1.165, 1.54) is 0 Å². The molecule has 0 aromatic heterocycles. The summed E-state index contributed by atoms with van der Waals surface area (Å²) in [5, 5.41) is 6.33. The molecule has 1 saturated heterocycles. The summed E-state index contributed by atoms with van der Waals surface area (Å²) in [4.78, 5) is 12.0. The first-order chi connectivity index (χ1) is 9.97. The van der Waals surface area contributed by atoms with Gasteiger partial charge < -0.3 is 15.4 Å². The molecule has 1 heterocycles. The fourth-order valence-corrected chi connectivity index (χ4v) is 2.59. The summed E-state index contributed by atoms with van der Waals surface area (Å²) in [6, 6.07) is 8.20. The first-order valence-corrected chi connectivity index (χ1v) is 7.69. The van der Waals surface area contributed by atoms with Gasteiger partial charge in [-0.15, -0.1) is 0 Å². The second-order valence-corrected chi connectivity index (χ2v) is 6.63. The van der Waals surface area contributed by atoms with E-state index in [9.17, 15) is 4.79 Å². The summed E-state index contributed by atoms with van der Waals surface area (Å²) in [7, 11) is 0. The largest absolute Gasteiger partial charge is 0.483 e. The zero-order chi connectivity index (χ0) is 15.3. The quantitative estimate of drug-likeness (QED) is 0.894. The molecule has 4 nitrogen and oxygen atoms in total. The molecule has 2 rings (SSSR count). The van der Waals surface area contributed by atoms with Crippen LogP contribution in [0, 0.1) is 0 Å². The molecule has 2 N–H and O–H groups in total. The lowest BCUT2D eigenvalue weighted by molar-refractivity contribution is -0.124. The van der Waals surface area contributed by atoms with Crippen LogP contribution in [0.15, 0.2) is 24.3 Å². The van der Waals surface area contributed by atoms with E-state index in [1.54, 1.807) is 0 Å². The molecule has 0 bridgehead atoms. The zero-order valence-electron chi connectivity index (χ0n) is 13.2. The van der Waals surface area contributed by atoms with Gasteiger partial charge in [-0.05, 0) is 43.0 Å². The van der Waals surface area contributed by atoms with E-state index in [0.29, 0.717) is 0 Å². The molecule has 1 aliphatic heterocycles. The molecular formula is C17H26N2O2. The summed E-state index contributed by atoms with van der Waals surface area (Å²) < 4.78 is 5.74. The van der Waals surface area contributed by atoms with Gasteiger partial charge in [-0.25, -0.2) is 0 Å². The van der Waals surface area contributed by atoms with Gasteiger partial charge in [0.15, 0.2) is 6.61 Å². The molecular weight excluding hydrogens is 264 g/mol. The maximum atomic E-state index is 12.0. The van der Waals surface area contributed by atoms with Crippen LogP contribution in [-0.2, 0) is 10.2 Å². The molecule has 1 aliphatic rings. The topological polar surface area (TPSA) is 50.4 Å². The minimum Gasteiger partial charge on any atom is -0.483 e. The number of hydrogen-bond donors (Lipinski definition) is 2. The highest BCUT2D eigenvalue weighted by atomic mass is 16.5. The lowest BCUT2D eigenvalue weighted by Gasteiger charge is -2.25. The number of para-hydroxylation sites is 1. The number of nitrogens with one attached hydrogen (secondary N) is 2. The van der Waals surface area contributed by atoms with Gasteiger partial charge in [0.05, 0.1) is 0 Å². The van der Waals surface area contributed by atoms with Crippen molar-refractivity contribution in [3.63, 3.8) is 0 Å². The van der Waals surface area contributed by atoms with Gasteiger partial charge in [-0.3, -0.25) is 4.79 Å². The van der Waals surface area contributed by atoms with E-state index in [0.717, 1.165) is 37.2 Å². The van der Waals surface area contributed by atoms with Crippen molar-refractivity contribution in [2.24, 2.45) is 0 Å². The molecule has 1 aromatic carbocycles. The molecule has 1 amide bonds. The maximum absolute atomic E-state index is 12.0. The molecule has 0 aliphatic carbocycles. The smallest absolute Gasteiger partial charge is 0.258 e. The van der Waals surface area contributed by atoms with Crippen LogP contribution >= 0.6 is 0 Å². The molecule has 116 valence electrons. The van der Waals surface area contributed by atoms with Crippen LogP contribution < -0.4 is 15.4 Å². The summed E-state index contributed by atoms with van der Waals surface area (Å²) in [5.74, 6) is 0.760. The van der Waals surface area contributed by atoms with Crippen molar-refractivity contribution in [3.05, 3.63) is 29.8 Å². The van der Waals surface area contributed by atoms with Crippen molar-refractivity contribution < 1.29 is 9.53 Å². The highest BCUT2D eigenvalue weighted by Crippen LogP contribution is 2.30. The SMILES string of the molecule is CC(C)(C)c1ccccc1OCC(=O)NC1CCNCC1. The maximum Gasteiger partial charge on any atom is 0.258 e. The van der Waals surface area contributed by atoms with E-state index in [-0.39, 0.29) is 24.0 Å². The molecule has 4 heteroatoms. The second kappa shape index (κ2) is 6.94. The van der Waals surface area contributed by atoms with Gasteiger partial charge in [0.1, 0.15) is 5.75 Å². The van der Waals surface area contributed by atoms with E-state index >= 15 is 0 Å². The van der Waals surface area contributed by atoms with Crippen LogP contribution in [0.5, 0.6) is 5.75 Å². The lowest BCUT2D eigenvalue weighted by Crippen LogP contribution is -2.44. The Balaban J connectivity index is 1.89. The summed E-state index contributed by atoms with van der Waals surface area (Å²) in [6.07, 6.45) is 1.98. The van der Waals surface area contributed by atoms with Crippen molar-refractivity contribution in [3.8, 4) is 5.75 Å². The van der Waals surface area contributed by atoms with Crippen molar-refractivity contribution in [2.45, 2.75) is 45.1 Å². The third-order valence-electron chi connectivity index (χ3n) is 3.76. The number of rotatable bonds is 4. The molecule has 21 heavy (non-hydrogen) atoms. The van der Waals surface area contributed by atoms with Crippen LogP contribution in [0.3, 0.4) is 0 Å². The molecule has 0 spiro atoms. The summed E-state index contributed by atoms with van der Waals surface area (Å²) in [6.45, 7) is 8.45. The van der Waals surface area contributed by atoms with Gasteiger partial charge in [-0.1, -0.05) is 39.0 Å². The Morgan fingerprint density at radius 1 is 1.29 bits per heavy atom. The number of carbonyl (C=O) groups excluding carboxylic acids is 1. The normalized spacial score (nSPS) is 16.5. The minimum absolute atomic E-state index is 0.00209. The highest BCUT2D eigenvalue weighted by molar-refractivity contribution is 5.77. The van der Waals surface area contributed by atoms with Crippen molar-refractivity contribution in [1.82, 2.24) is 10.6 Å². The Kier molecular flexibility index (Phi) is 5.23. The van der Waals surface area contributed by atoms with Crippen molar-refractivity contribution in [1.29, 1.82) is 0 Å². The lowest BCUT2D eigenvalue weighted by atomic mass is 9.86. The Hall–Kier alpha value is -1.55. The molecule has 0 radical (unpaired) electrons. The third kappa shape index (κ3) is 4.74. The molecule has 1 fully saturated rings. The average molecular weight is 290 g/mol. The first kappa shape index (κ1) is 15.8. The monoisotopic (exact) mass is 290 g/mol. The van der Waals surface area contributed by atoms with Crippen LogP contribution in [0.1, 0.15) is 39.2 Å². The standard InChI is InChI=1S/C17H26N2O2/c1-17(2,3)14-6-4-5-7-15(14)21-12-16(20)19-13-8-10-18-11-9-13/h4-7,13,18H,8-12H2,1-3H3,(H,19,20). The molecule has 0 unspecified atom stereocenters. The Morgan fingerprint density at radius 2 is 1.95 bits per heavy atom. The average Bonchev–Trinajstić information content (AvgIpc) is 2.45. The van der Waals surface area contributed by atoms with Crippen LogP contribution in [0.25, 0.3) is 0 Å². The molecule has 1 aromatic rings. The number of ether oxygens (including phenoxy) is 1. The minimum atomic E-state index is -0.0365. The third-order valence-corrected chi connectivity index (χ3v) is 3.76. The fourth-order valence-electron chi connectivity index (χ4n) is 2.59. The summed E-state index contributed by atoms with van der Waals surface area (Å²) in [5.41, 5.74) is 1.13. The number of hydrogen-bond acceptors (Lipinski definition) is 3. The van der Waals surface area contributed by atoms with Crippen molar-refractivity contribution in [2.75, 3.05) is 19.7 Å². The van der Waals surface area contributed by atoms with E-state index in [2.05, 4.69) is 37.5 Å². The van der Waals surface area contributed by atoms with E-state index < -0.39 is 0 Å². The predicted molar refractivity (Wildman–Crippen MR) is 84.7 cm³/mol. The first-order valence-electron chi connectivity index (χ1n) is 7.69. The van der Waals surface area contributed by atoms with Crippen LogP contribution in [-0.4, -0.2) is 31.6 Å². The van der Waals surface area contributed by atoms with Gasteiger partial charge >= 0.3 is 0 Å². The molecule has 0 saturated carbocycles. The highest BCUT2D eigenvalue weighted by Gasteiger charge is 2.20. The number of benzene rings is 1. The Morgan fingerprint density at radius 3 is 2.62 bits per heavy atom. The second-order valence-electron chi connectivity index (χ2n) is 6.63. The number of piperidine rings is 1. The number of carbonyl (C=O) groups is 1. The molecule has 0 atom stereocenters. The fraction of sp³-hybridized carbons (Fsp3) is 0.588. The Bertz CT molecular complexity index is 474. The van der Waals surface area contributed by atoms with Gasteiger partial charge in [0, 0.05) is 6.04 Å². The van der Waals surface area contributed by atoms with Crippen LogP contribution in [0.4, 0.5) is 0 Å². The van der Waals surface area contributed by atoms with Gasteiger partial charge in [0.25, 0.3) is 5.91 Å². The van der Waals surface area contributed by atoms with Crippen LogP contribution in [0.2, 0.25) is 0 Å². The van der Waals surface area contributed by atoms with Gasteiger partial charge in [-0.2, -0.15) is 0 Å². The Labute approximate surface area is 127 Å². The van der Waals surface area contributed by atoms with Gasteiger partial charge in [0.2, 0.25) is 0 Å².